The van der Waals surface area contributed by atoms with Crippen molar-refractivity contribution in [2.45, 2.75) is 25.7 Å². The van der Waals surface area contributed by atoms with Gasteiger partial charge in [0.05, 0.1) is 38.1 Å². The fraction of sp³-hybridized carbons (Fsp3) is 0.286. The molecule has 0 saturated carbocycles. The van der Waals surface area contributed by atoms with Gasteiger partial charge in [0.1, 0.15) is 5.69 Å². The Kier molecular flexibility index (Phi) is 6.51. The molecule has 0 bridgehead atoms. The van der Waals surface area contributed by atoms with Gasteiger partial charge in [0.15, 0.2) is 5.82 Å². The summed E-state index contributed by atoms with van der Waals surface area (Å²) in [5.74, 6) is 0.668. The lowest BCUT2D eigenvalue weighted by Crippen LogP contribution is -3.12. The van der Waals surface area contributed by atoms with Crippen molar-refractivity contribution in [3.8, 4) is 11.3 Å². The van der Waals surface area contributed by atoms with Gasteiger partial charge in [-0.25, -0.2) is 8.42 Å². The SMILES string of the molecule is Cc1ccc(Nc2nnc(-c3ccc(C)c(S(=O)(=O)N4CC[NH+](C)CC4)c3)c3ccccc23)c(C)c1. The second-order valence-corrected chi connectivity index (χ2v) is 11.6. The normalized spacial score (nSPS) is 15.3. The van der Waals surface area contributed by atoms with E-state index in [0.29, 0.717) is 29.5 Å². The standard InChI is InChI=1S/C28H31N5O2S/c1-19-9-12-25(21(3)17-19)29-28-24-8-6-5-7-23(24)27(30-31-28)22-11-10-20(2)26(18-22)36(34,35)33-15-13-32(4)14-16-33/h5-12,17-18H,13-16H2,1-4H3,(H,29,31)/p+1. The van der Waals surface area contributed by atoms with E-state index < -0.39 is 10.0 Å². The number of quaternary nitrogens is 1. The Hall–Kier alpha value is -3.33. The molecule has 5 rings (SSSR count). The average molecular weight is 503 g/mol. The van der Waals surface area contributed by atoms with Crippen molar-refractivity contribution in [1.29, 1.82) is 0 Å². The van der Waals surface area contributed by atoms with E-state index in [1.54, 1.807) is 10.4 Å². The first-order valence-electron chi connectivity index (χ1n) is 12.3. The number of benzene rings is 3. The molecular weight excluding hydrogens is 470 g/mol. The summed E-state index contributed by atoms with van der Waals surface area (Å²) in [7, 11) is -1.50. The van der Waals surface area contributed by atoms with Crippen LogP contribution in [-0.4, -0.2) is 56.1 Å². The number of hydrogen-bond donors (Lipinski definition) is 2. The summed E-state index contributed by atoms with van der Waals surface area (Å²) in [6.07, 6.45) is 0. The lowest BCUT2D eigenvalue weighted by molar-refractivity contribution is -0.883. The number of aryl methyl sites for hydroxylation is 3. The van der Waals surface area contributed by atoms with Crippen molar-refractivity contribution in [1.82, 2.24) is 14.5 Å². The highest BCUT2D eigenvalue weighted by molar-refractivity contribution is 7.89. The van der Waals surface area contributed by atoms with Crippen LogP contribution in [0.25, 0.3) is 22.0 Å². The Bertz CT molecular complexity index is 1540. The zero-order chi connectivity index (χ0) is 25.4. The molecule has 186 valence electrons. The Balaban J connectivity index is 1.56. The maximum atomic E-state index is 13.5. The van der Waals surface area contributed by atoms with Gasteiger partial charge in [-0.3, -0.25) is 0 Å². The van der Waals surface area contributed by atoms with Crippen molar-refractivity contribution in [2.75, 3.05) is 38.5 Å². The highest BCUT2D eigenvalue weighted by atomic mass is 32.2. The van der Waals surface area contributed by atoms with Crippen LogP contribution in [0, 0.1) is 20.8 Å². The average Bonchev–Trinajstić information content (AvgIpc) is 2.86. The third-order valence-electron chi connectivity index (χ3n) is 6.98. The summed E-state index contributed by atoms with van der Waals surface area (Å²) in [5, 5.41) is 14.4. The molecule has 0 unspecified atom stereocenters. The topological polar surface area (TPSA) is 79.6 Å². The minimum Gasteiger partial charge on any atom is -0.338 e. The zero-order valence-corrected chi connectivity index (χ0v) is 22.0. The number of nitrogens with one attached hydrogen (secondary N) is 2. The smallest absolute Gasteiger partial charge is 0.243 e. The summed E-state index contributed by atoms with van der Waals surface area (Å²) in [4.78, 5) is 1.69. The van der Waals surface area contributed by atoms with Crippen LogP contribution in [-0.2, 0) is 10.0 Å². The number of nitrogens with zero attached hydrogens (tertiary/aromatic N) is 3. The van der Waals surface area contributed by atoms with E-state index in [9.17, 15) is 8.42 Å². The van der Waals surface area contributed by atoms with Crippen LogP contribution in [0.1, 0.15) is 16.7 Å². The number of anilines is 2. The number of rotatable bonds is 5. The fourth-order valence-corrected chi connectivity index (χ4v) is 6.46. The molecule has 0 radical (unpaired) electrons. The molecule has 1 fully saturated rings. The monoisotopic (exact) mass is 502 g/mol. The molecule has 0 aliphatic carbocycles. The molecule has 1 aliphatic heterocycles. The quantitative estimate of drug-likeness (QED) is 0.437. The third kappa shape index (κ3) is 4.59. The Morgan fingerprint density at radius 2 is 1.58 bits per heavy atom. The van der Waals surface area contributed by atoms with Crippen molar-refractivity contribution >= 4 is 32.3 Å². The minimum atomic E-state index is -3.60. The maximum absolute atomic E-state index is 13.5. The van der Waals surface area contributed by atoms with Crippen LogP contribution >= 0.6 is 0 Å². The summed E-state index contributed by atoms with van der Waals surface area (Å²) in [6.45, 7) is 8.65. The minimum absolute atomic E-state index is 0.336. The highest BCUT2D eigenvalue weighted by Crippen LogP contribution is 2.34. The Morgan fingerprint density at radius 3 is 2.31 bits per heavy atom. The molecule has 2 heterocycles. The summed E-state index contributed by atoms with van der Waals surface area (Å²) < 4.78 is 28.7. The molecule has 0 atom stereocenters. The number of fused-ring (bicyclic) bond motifs is 1. The number of aromatic nitrogens is 2. The first kappa shape index (κ1) is 24.4. The second-order valence-electron chi connectivity index (χ2n) is 9.73. The number of piperazine rings is 1. The van der Waals surface area contributed by atoms with Crippen molar-refractivity contribution in [3.63, 3.8) is 0 Å². The molecule has 1 aromatic heterocycles. The fourth-order valence-electron chi connectivity index (χ4n) is 4.76. The van der Waals surface area contributed by atoms with Gasteiger partial charge in [-0.15, -0.1) is 10.2 Å². The summed E-state index contributed by atoms with van der Waals surface area (Å²) in [5.41, 5.74) is 5.44. The van der Waals surface area contributed by atoms with Crippen molar-refractivity contribution in [3.05, 3.63) is 77.4 Å². The van der Waals surface area contributed by atoms with Crippen LogP contribution < -0.4 is 10.2 Å². The Labute approximate surface area is 212 Å². The maximum Gasteiger partial charge on any atom is 0.243 e. The second kappa shape index (κ2) is 9.61. The first-order chi connectivity index (χ1) is 17.2. The third-order valence-corrected chi connectivity index (χ3v) is 9.02. The predicted octanol–water partition coefficient (Wildman–Crippen LogP) is 3.48. The van der Waals surface area contributed by atoms with Crippen LogP contribution in [0.5, 0.6) is 0 Å². The molecule has 4 aromatic rings. The van der Waals surface area contributed by atoms with E-state index in [1.165, 1.54) is 10.5 Å². The molecule has 36 heavy (non-hydrogen) atoms. The molecule has 7 nitrogen and oxygen atoms in total. The van der Waals surface area contributed by atoms with Gasteiger partial charge in [-0.05, 0) is 44.0 Å². The zero-order valence-electron chi connectivity index (χ0n) is 21.2. The van der Waals surface area contributed by atoms with Crippen molar-refractivity contribution < 1.29 is 13.3 Å². The molecule has 1 aliphatic rings. The molecule has 2 N–H and O–H groups in total. The molecule has 8 heteroatoms. The number of likely N-dealkylation sites (N-methyl/N-ethyl adjacent to an activating group) is 1. The first-order valence-corrected chi connectivity index (χ1v) is 13.7. The number of sulfonamides is 1. The number of hydrogen-bond acceptors (Lipinski definition) is 5. The summed E-state index contributed by atoms with van der Waals surface area (Å²) >= 11 is 0. The lowest BCUT2D eigenvalue weighted by atomic mass is 10.0. The predicted molar refractivity (Wildman–Crippen MR) is 144 cm³/mol. The van der Waals surface area contributed by atoms with Gasteiger partial charge < -0.3 is 10.2 Å². The van der Waals surface area contributed by atoms with E-state index in [-0.39, 0.29) is 0 Å². The molecule has 0 amide bonds. The van der Waals surface area contributed by atoms with Crippen LogP contribution in [0.3, 0.4) is 0 Å². The lowest BCUT2D eigenvalue weighted by Gasteiger charge is -2.29. The Morgan fingerprint density at radius 1 is 0.861 bits per heavy atom. The van der Waals surface area contributed by atoms with Gasteiger partial charge >= 0.3 is 0 Å². The largest absolute Gasteiger partial charge is 0.338 e. The summed E-state index contributed by atoms with van der Waals surface area (Å²) in [6, 6.07) is 19.7. The van der Waals surface area contributed by atoms with Gasteiger partial charge in [-0.1, -0.05) is 54.1 Å². The van der Waals surface area contributed by atoms with E-state index in [2.05, 4.69) is 48.5 Å². The molecule has 1 saturated heterocycles. The molecule has 3 aromatic carbocycles. The molecular formula is C28H32N5O2S+. The van der Waals surface area contributed by atoms with Crippen LogP contribution in [0.15, 0.2) is 65.6 Å². The molecule has 0 spiro atoms. The van der Waals surface area contributed by atoms with E-state index in [0.717, 1.165) is 46.2 Å². The van der Waals surface area contributed by atoms with Gasteiger partial charge in [0.2, 0.25) is 10.0 Å². The van der Waals surface area contributed by atoms with Gasteiger partial charge in [0, 0.05) is 22.0 Å². The van der Waals surface area contributed by atoms with E-state index in [4.69, 9.17) is 0 Å². The van der Waals surface area contributed by atoms with Crippen LogP contribution in [0.4, 0.5) is 11.5 Å². The van der Waals surface area contributed by atoms with Crippen molar-refractivity contribution in [2.24, 2.45) is 0 Å². The highest BCUT2D eigenvalue weighted by Gasteiger charge is 2.30. The van der Waals surface area contributed by atoms with E-state index >= 15 is 0 Å². The van der Waals surface area contributed by atoms with E-state index in [1.807, 2.05) is 49.4 Å². The van der Waals surface area contributed by atoms with Crippen LogP contribution in [0.2, 0.25) is 0 Å². The van der Waals surface area contributed by atoms with Gasteiger partial charge in [-0.2, -0.15) is 4.31 Å². The van der Waals surface area contributed by atoms with Gasteiger partial charge in [0.25, 0.3) is 0 Å².